The van der Waals surface area contributed by atoms with E-state index in [4.69, 9.17) is 0 Å². The quantitative estimate of drug-likeness (QED) is 0.789. The van der Waals surface area contributed by atoms with E-state index in [1.54, 1.807) is 11.3 Å². The van der Waals surface area contributed by atoms with Crippen molar-refractivity contribution in [2.45, 2.75) is 19.9 Å². The molecule has 2 nitrogen and oxygen atoms in total. The molecule has 1 atom stereocenters. The summed E-state index contributed by atoms with van der Waals surface area (Å²) in [5.74, 6) is 0. The van der Waals surface area contributed by atoms with Gasteiger partial charge in [0.2, 0.25) is 0 Å². The Morgan fingerprint density at radius 2 is 2.27 bits per heavy atom. The molecule has 3 heteroatoms. The predicted molar refractivity (Wildman–Crippen MR) is 66.3 cm³/mol. The van der Waals surface area contributed by atoms with Crippen molar-refractivity contribution < 1.29 is 0 Å². The van der Waals surface area contributed by atoms with Gasteiger partial charge in [-0.3, -0.25) is 4.90 Å². The van der Waals surface area contributed by atoms with Crippen LogP contribution < -0.4 is 0 Å². The monoisotopic (exact) mass is 220 g/mol. The lowest BCUT2D eigenvalue weighted by molar-refractivity contribution is 0.276. The minimum Gasteiger partial charge on any atom is -0.300 e. The lowest BCUT2D eigenvalue weighted by Gasteiger charge is -2.23. The van der Waals surface area contributed by atoms with Crippen molar-refractivity contribution in [1.29, 1.82) is 0 Å². The van der Waals surface area contributed by atoms with Crippen LogP contribution >= 0.6 is 11.3 Å². The van der Waals surface area contributed by atoms with E-state index in [-0.39, 0.29) is 0 Å². The van der Waals surface area contributed by atoms with Crippen LogP contribution in [-0.2, 0) is 0 Å². The van der Waals surface area contributed by atoms with Crippen molar-refractivity contribution in [3.63, 3.8) is 0 Å². The number of hydrogen-bond donors (Lipinski definition) is 0. The van der Waals surface area contributed by atoms with Crippen LogP contribution in [0.3, 0.4) is 0 Å². The molecule has 0 aliphatic rings. The molecule has 0 N–H and O–H groups in total. The lowest BCUT2D eigenvalue weighted by Crippen LogP contribution is -2.21. The Morgan fingerprint density at radius 1 is 1.47 bits per heavy atom. The van der Waals surface area contributed by atoms with Gasteiger partial charge in [-0.1, -0.05) is 13.0 Å². The van der Waals surface area contributed by atoms with E-state index in [1.807, 2.05) is 5.51 Å². The molecule has 0 saturated carbocycles. The number of aromatic nitrogens is 1. The Kier molecular flexibility index (Phi) is 3.03. The normalized spacial score (nSPS) is 13.6. The summed E-state index contributed by atoms with van der Waals surface area (Å²) in [5, 5.41) is 0. The van der Waals surface area contributed by atoms with Crippen molar-refractivity contribution >= 4 is 21.6 Å². The predicted octanol–water partition coefficient (Wildman–Crippen LogP) is 3.31. The highest BCUT2D eigenvalue weighted by Gasteiger charge is 2.10. The summed E-state index contributed by atoms with van der Waals surface area (Å²) < 4.78 is 1.27. The minimum atomic E-state index is 0.459. The summed E-state index contributed by atoms with van der Waals surface area (Å²) in [5.41, 5.74) is 4.37. The molecule has 0 fully saturated rings. The molecular formula is C12H16N2S. The third-order valence-corrected chi connectivity index (χ3v) is 3.81. The first kappa shape index (κ1) is 10.6. The number of fused-ring (bicyclic) bond motifs is 1. The van der Waals surface area contributed by atoms with E-state index in [0.717, 1.165) is 12.1 Å². The lowest BCUT2D eigenvalue weighted by atomic mass is 10.1. The van der Waals surface area contributed by atoms with Gasteiger partial charge in [0.15, 0.2) is 0 Å². The average Bonchev–Trinajstić information content (AvgIpc) is 2.73. The van der Waals surface area contributed by atoms with Gasteiger partial charge in [-0.25, -0.2) is 4.98 Å². The zero-order chi connectivity index (χ0) is 10.8. The van der Waals surface area contributed by atoms with Crippen LogP contribution in [0.25, 0.3) is 10.2 Å². The Bertz CT molecular complexity index is 450. The van der Waals surface area contributed by atoms with Gasteiger partial charge < -0.3 is 0 Å². The van der Waals surface area contributed by atoms with Crippen molar-refractivity contribution in [1.82, 2.24) is 9.88 Å². The first-order valence-electron chi connectivity index (χ1n) is 5.25. The minimum absolute atomic E-state index is 0.459. The second-order valence-electron chi connectivity index (χ2n) is 3.83. The Balaban J connectivity index is 2.35. The topological polar surface area (TPSA) is 16.1 Å². The summed E-state index contributed by atoms with van der Waals surface area (Å²) in [4.78, 5) is 6.67. The standard InChI is InChI=1S/C12H16N2S/c1-4-14(3)9(2)10-5-6-12-11(7-10)13-8-15-12/h5-9H,4H2,1-3H3. The van der Waals surface area contributed by atoms with E-state index in [9.17, 15) is 0 Å². The molecular weight excluding hydrogens is 204 g/mol. The van der Waals surface area contributed by atoms with Crippen LogP contribution in [0.5, 0.6) is 0 Å². The highest BCUT2D eigenvalue weighted by molar-refractivity contribution is 7.16. The number of hydrogen-bond acceptors (Lipinski definition) is 3. The maximum absolute atomic E-state index is 4.35. The van der Waals surface area contributed by atoms with Crippen LogP contribution in [0, 0.1) is 0 Å². The van der Waals surface area contributed by atoms with E-state index in [2.05, 4.69) is 49.0 Å². The third-order valence-electron chi connectivity index (χ3n) is 3.00. The molecule has 0 aliphatic carbocycles. The van der Waals surface area contributed by atoms with Gasteiger partial charge in [0, 0.05) is 6.04 Å². The zero-order valence-corrected chi connectivity index (χ0v) is 10.2. The van der Waals surface area contributed by atoms with E-state index in [1.165, 1.54) is 10.3 Å². The largest absolute Gasteiger partial charge is 0.300 e. The smallest absolute Gasteiger partial charge is 0.0815 e. The summed E-state index contributed by atoms with van der Waals surface area (Å²) in [7, 11) is 2.15. The van der Waals surface area contributed by atoms with Crippen LogP contribution in [0.15, 0.2) is 23.7 Å². The Labute approximate surface area is 94.6 Å². The molecule has 0 saturated heterocycles. The SMILES string of the molecule is CCN(C)C(C)c1ccc2scnc2c1. The van der Waals surface area contributed by atoms with E-state index in [0.29, 0.717) is 6.04 Å². The molecule has 1 unspecified atom stereocenters. The molecule has 1 aromatic carbocycles. The number of nitrogens with zero attached hydrogens (tertiary/aromatic N) is 2. The number of thiazole rings is 1. The maximum atomic E-state index is 4.35. The molecule has 80 valence electrons. The first-order chi connectivity index (χ1) is 7.22. The van der Waals surface area contributed by atoms with Crippen molar-refractivity contribution in [3.05, 3.63) is 29.3 Å². The molecule has 15 heavy (non-hydrogen) atoms. The molecule has 0 bridgehead atoms. The van der Waals surface area contributed by atoms with Gasteiger partial charge in [0.25, 0.3) is 0 Å². The Morgan fingerprint density at radius 3 is 3.00 bits per heavy atom. The zero-order valence-electron chi connectivity index (χ0n) is 9.40. The fourth-order valence-corrected chi connectivity index (χ4v) is 2.32. The number of rotatable bonds is 3. The van der Waals surface area contributed by atoms with Crippen LogP contribution in [0.1, 0.15) is 25.5 Å². The first-order valence-corrected chi connectivity index (χ1v) is 6.13. The van der Waals surface area contributed by atoms with Gasteiger partial charge in [-0.2, -0.15) is 0 Å². The molecule has 0 radical (unpaired) electrons. The molecule has 1 heterocycles. The van der Waals surface area contributed by atoms with Crippen LogP contribution in [0.4, 0.5) is 0 Å². The van der Waals surface area contributed by atoms with Gasteiger partial charge in [0.1, 0.15) is 0 Å². The van der Waals surface area contributed by atoms with Crippen molar-refractivity contribution in [2.24, 2.45) is 0 Å². The van der Waals surface area contributed by atoms with Gasteiger partial charge in [-0.15, -0.1) is 11.3 Å². The molecule has 1 aromatic heterocycles. The van der Waals surface area contributed by atoms with E-state index < -0.39 is 0 Å². The van der Waals surface area contributed by atoms with Gasteiger partial charge in [-0.05, 0) is 38.2 Å². The molecule has 2 rings (SSSR count). The highest BCUT2D eigenvalue weighted by Crippen LogP contribution is 2.24. The van der Waals surface area contributed by atoms with Crippen molar-refractivity contribution in [2.75, 3.05) is 13.6 Å². The van der Waals surface area contributed by atoms with Crippen molar-refractivity contribution in [3.8, 4) is 0 Å². The second-order valence-corrected chi connectivity index (χ2v) is 4.72. The van der Waals surface area contributed by atoms with E-state index >= 15 is 0 Å². The summed E-state index contributed by atoms with van der Waals surface area (Å²) in [6.07, 6.45) is 0. The molecule has 0 aliphatic heterocycles. The summed E-state index contributed by atoms with van der Waals surface area (Å²) >= 11 is 1.70. The number of benzene rings is 1. The fraction of sp³-hybridized carbons (Fsp3) is 0.417. The molecule has 0 amide bonds. The average molecular weight is 220 g/mol. The van der Waals surface area contributed by atoms with Crippen LogP contribution in [0.2, 0.25) is 0 Å². The van der Waals surface area contributed by atoms with Gasteiger partial charge >= 0.3 is 0 Å². The fourth-order valence-electron chi connectivity index (χ4n) is 1.66. The third kappa shape index (κ3) is 2.03. The van der Waals surface area contributed by atoms with Crippen LogP contribution in [-0.4, -0.2) is 23.5 Å². The summed E-state index contributed by atoms with van der Waals surface area (Å²) in [6, 6.07) is 7.03. The molecule has 2 aromatic rings. The second kappa shape index (κ2) is 4.29. The molecule has 0 spiro atoms. The summed E-state index contributed by atoms with van der Waals surface area (Å²) in [6.45, 7) is 5.48. The maximum Gasteiger partial charge on any atom is 0.0815 e. The Hall–Kier alpha value is -0.930. The van der Waals surface area contributed by atoms with Gasteiger partial charge in [0.05, 0.1) is 15.7 Å². The highest BCUT2D eigenvalue weighted by atomic mass is 32.1.